The van der Waals surface area contributed by atoms with Gasteiger partial charge in [-0.2, -0.15) is 0 Å². The van der Waals surface area contributed by atoms with Gasteiger partial charge in [0.25, 0.3) is 0 Å². The van der Waals surface area contributed by atoms with Crippen LogP contribution < -0.4 is 5.32 Å². The monoisotopic (exact) mass is 161 g/mol. The first-order chi connectivity index (χ1) is 5.90. The standard InChI is InChI=1S/C11H15N/c1-2-9-7-10-5-3-4-6-11(10)12-8-9/h3-4,7-8,11-12H,2,5-6H2,1H3. The van der Waals surface area contributed by atoms with E-state index >= 15 is 0 Å². The summed E-state index contributed by atoms with van der Waals surface area (Å²) in [5.41, 5.74) is 2.98. The van der Waals surface area contributed by atoms with Gasteiger partial charge in [-0.05, 0) is 30.4 Å². The van der Waals surface area contributed by atoms with E-state index in [2.05, 4.69) is 36.7 Å². The number of allylic oxidation sites excluding steroid dienone is 3. The van der Waals surface area contributed by atoms with Gasteiger partial charge in [-0.25, -0.2) is 0 Å². The van der Waals surface area contributed by atoms with Gasteiger partial charge in [0.2, 0.25) is 0 Å². The number of dihydropyridines is 1. The molecule has 0 bridgehead atoms. The largest absolute Gasteiger partial charge is 0.384 e. The van der Waals surface area contributed by atoms with Crippen molar-refractivity contribution in [1.29, 1.82) is 0 Å². The van der Waals surface area contributed by atoms with Crippen molar-refractivity contribution in [3.05, 3.63) is 35.6 Å². The Morgan fingerprint density at radius 2 is 2.42 bits per heavy atom. The van der Waals surface area contributed by atoms with Crippen molar-refractivity contribution in [2.45, 2.75) is 32.2 Å². The molecule has 2 rings (SSSR count). The molecule has 0 spiro atoms. The van der Waals surface area contributed by atoms with Crippen LogP contribution in [0.1, 0.15) is 26.2 Å². The second-order valence-corrected chi connectivity index (χ2v) is 3.42. The highest BCUT2D eigenvalue weighted by atomic mass is 14.9. The fourth-order valence-electron chi connectivity index (χ4n) is 1.77. The minimum atomic E-state index is 0.588. The molecule has 1 heteroatoms. The Kier molecular flexibility index (Phi) is 2.03. The van der Waals surface area contributed by atoms with E-state index in [0.29, 0.717) is 6.04 Å². The van der Waals surface area contributed by atoms with Gasteiger partial charge in [-0.3, -0.25) is 0 Å². The maximum atomic E-state index is 3.44. The molecular formula is C11H15N. The third-order valence-corrected chi connectivity index (χ3v) is 2.59. The van der Waals surface area contributed by atoms with Gasteiger partial charge in [-0.15, -0.1) is 0 Å². The van der Waals surface area contributed by atoms with Crippen molar-refractivity contribution in [2.75, 3.05) is 0 Å². The van der Waals surface area contributed by atoms with Crippen LogP contribution in [0.3, 0.4) is 0 Å². The van der Waals surface area contributed by atoms with E-state index in [4.69, 9.17) is 0 Å². The number of nitrogens with one attached hydrogen (secondary N) is 1. The third kappa shape index (κ3) is 1.31. The first-order valence-corrected chi connectivity index (χ1v) is 4.70. The molecule has 0 aromatic rings. The quantitative estimate of drug-likeness (QED) is 0.583. The summed E-state index contributed by atoms with van der Waals surface area (Å²) in [4.78, 5) is 0. The fourth-order valence-corrected chi connectivity index (χ4v) is 1.77. The maximum Gasteiger partial charge on any atom is 0.0508 e. The zero-order valence-electron chi connectivity index (χ0n) is 7.51. The summed E-state index contributed by atoms with van der Waals surface area (Å²) in [7, 11) is 0. The Morgan fingerprint density at radius 3 is 3.25 bits per heavy atom. The minimum Gasteiger partial charge on any atom is -0.384 e. The predicted octanol–water partition coefficient (Wildman–Crippen LogP) is 2.53. The molecule has 0 amide bonds. The lowest BCUT2D eigenvalue weighted by atomic mass is 9.91. The molecule has 1 N–H and O–H groups in total. The average molecular weight is 161 g/mol. The van der Waals surface area contributed by atoms with Gasteiger partial charge in [0.1, 0.15) is 0 Å². The van der Waals surface area contributed by atoms with Crippen LogP contribution in [0.25, 0.3) is 0 Å². The molecule has 0 fully saturated rings. The van der Waals surface area contributed by atoms with E-state index in [1.807, 2.05) is 0 Å². The molecule has 0 aromatic carbocycles. The van der Waals surface area contributed by atoms with Crippen LogP contribution in [-0.2, 0) is 0 Å². The fraction of sp³-hybridized carbons (Fsp3) is 0.455. The van der Waals surface area contributed by atoms with Crippen LogP contribution in [0, 0.1) is 0 Å². The molecule has 2 aliphatic rings. The van der Waals surface area contributed by atoms with Gasteiger partial charge in [0.05, 0.1) is 6.04 Å². The first-order valence-electron chi connectivity index (χ1n) is 4.70. The van der Waals surface area contributed by atoms with Crippen LogP contribution in [0.5, 0.6) is 0 Å². The lowest BCUT2D eigenvalue weighted by molar-refractivity contribution is 0.630. The van der Waals surface area contributed by atoms with Crippen molar-refractivity contribution < 1.29 is 0 Å². The Morgan fingerprint density at radius 1 is 1.50 bits per heavy atom. The van der Waals surface area contributed by atoms with E-state index < -0.39 is 0 Å². The smallest absolute Gasteiger partial charge is 0.0508 e. The van der Waals surface area contributed by atoms with Crippen molar-refractivity contribution in [3.63, 3.8) is 0 Å². The van der Waals surface area contributed by atoms with E-state index in [1.54, 1.807) is 5.57 Å². The highest BCUT2D eigenvalue weighted by molar-refractivity contribution is 5.34. The SMILES string of the molecule is CCC1=CNC2CC=CCC2=C1. The Hall–Kier alpha value is -0.980. The summed E-state index contributed by atoms with van der Waals surface area (Å²) >= 11 is 0. The summed E-state index contributed by atoms with van der Waals surface area (Å²) in [6.45, 7) is 2.20. The van der Waals surface area contributed by atoms with Gasteiger partial charge in [-0.1, -0.05) is 25.2 Å². The average Bonchev–Trinajstić information content (AvgIpc) is 2.17. The molecule has 1 aliphatic carbocycles. The molecule has 64 valence electrons. The molecule has 1 nitrogen and oxygen atoms in total. The molecule has 0 saturated carbocycles. The van der Waals surface area contributed by atoms with Crippen molar-refractivity contribution in [3.8, 4) is 0 Å². The van der Waals surface area contributed by atoms with Crippen LogP contribution in [0.15, 0.2) is 35.6 Å². The Bertz CT molecular complexity index is 258. The summed E-state index contributed by atoms with van der Waals surface area (Å²) in [5.74, 6) is 0. The molecule has 1 aliphatic heterocycles. The molecule has 0 saturated heterocycles. The van der Waals surface area contributed by atoms with Crippen LogP contribution in [-0.4, -0.2) is 6.04 Å². The predicted molar refractivity (Wildman–Crippen MR) is 51.8 cm³/mol. The van der Waals surface area contributed by atoms with E-state index in [-0.39, 0.29) is 0 Å². The highest BCUT2D eigenvalue weighted by Gasteiger charge is 2.16. The molecule has 1 atom stereocenters. The van der Waals surface area contributed by atoms with E-state index in [0.717, 1.165) is 19.3 Å². The highest BCUT2D eigenvalue weighted by Crippen LogP contribution is 2.23. The van der Waals surface area contributed by atoms with Gasteiger partial charge in [0, 0.05) is 6.20 Å². The lowest BCUT2D eigenvalue weighted by Crippen LogP contribution is -2.30. The zero-order chi connectivity index (χ0) is 8.39. The van der Waals surface area contributed by atoms with Crippen molar-refractivity contribution in [2.24, 2.45) is 0 Å². The van der Waals surface area contributed by atoms with Crippen LogP contribution in [0.4, 0.5) is 0 Å². The topological polar surface area (TPSA) is 12.0 Å². The zero-order valence-corrected chi connectivity index (χ0v) is 7.51. The lowest BCUT2D eigenvalue weighted by Gasteiger charge is -2.26. The van der Waals surface area contributed by atoms with Gasteiger partial charge >= 0.3 is 0 Å². The summed E-state index contributed by atoms with van der Waals surface area (Å²) in [6.07, 6.45) is 12.5. The van der Waals surface area contributed by atoms with Gasteiger partial charge in [0.15, 0.2) is 0 Å². The second-order valence-electron chi connectivity index (χ2n) is 3.42. The number of fused-ring (bicyclic) bond motifs is 1. The molecule has 12 heavy (non-hydrogen) atoms. The Balaban J connectivity index is 2.19. The number of hydrogen-bond acceptors (Lipinski definition) is 1. The molecular weight excluding hydrogens is 146 g/mol. The molecule has 1 unspecified atom stereocenters. The Labute approximate surface area is 73.9 Å². The van der Waals surface area contributed by atoms with Crippen molar-refractivity contribution >= 4 is 0 Å². The molecule has 0 aromatic heterocycles. The summed E-state index contributed by atoms with van der Waals surface area (Å²) in [5, 5.41) is 3.44. The summed E-state index contributed by atoms with van der Waals surface area (Å²) in [6, 6.07) is 0.588. The first kappa shape index (κ1) is 7.66. The number of hydrogen-bond donors (Lipinski definition) is 1. The molecule has 0 radical (unpaired) electrons. The normalized spacial score (nSPS) is 26.9. The maximum absolute atomic E-state index is 3.44. The third-order valence-electron chi connectivity index (χ3n) is 2.59. The van der Waals surface area contributed by atoms with Gasteiger partial charge < -0.3 is 5.32 Å². The molecule has 1 heterocycles. The second kappa shape index (κ2) is 3.18. The van der Waals surface area contributed by atoms with E-state index in [1.165, 1.54) is 5.57 Å². The number of rotatable bonds is 1. The summed E-state index contributed by atoms with van der Waals surface area (Å²) < 4.78 is 0. The van der Waals surface area contributed by atoms with Crippen LogP contribution >= 0.6 is 0 Å². The van der Waals surface area contributed by atoms with Crippen LogP contribution in [0.2, 0.25) is 0 Å². The van der Waals surface area contributed by atoms with E-state index in [9.17, 15) is 0 Å². The minimum absolute atomic E-state index is 0.588. The van der Waals surface area contributed by atoms with Crippen molar-refractivity contribution in [1.82, 2.24) is 5.32 Å².